The molecule has 2 atom stereocenters. The summed E-state index contributed by atoms with van der Waals surface area (Å²) in [5.74, 6) is 0. The number of ether oxygens (including phenoxy) is 1. The van der Waals surface area contributed by atoms with E-state index in [1.54, 1.807) is 0 Å². The standard InChI is InChI=1S/C15H22N2O.ClH/c16-13-5-3-4-12(10-13)11-17-8-9-18-15-7-2-1-6-14(15)17;/h3-5,10,14-15H,1-2,6-9,11,16H2;1H. The van der Waals surface area contributed by atoms with Crippen molar-refractivity contribution in [3.8, 4) is 0 Å². The van der Waals surface area contributed by atoms with Crippen LogP contribution in [0.3, 0.4) is 0 Å². The molecule has 1 aliphatic heterocycles. The number of halogens is 1. The minimum atomic E-state index is 0. The summed E-state index contributed by atoms with van der Waals surface area (Å²) >= 11 is 0. The van der Waals surface area contributed by atoms with Gasteiger partial charge in [-0.1, -0.05) is 25.0 Å². The van der Waals surface area contributed by atoms with E-state index in [0.717, 1.165) is 25.4 Å². The summed E-state index contributed by atoms with van der Waals surface area (Å²) in [4.78, 5) is 2.59. The summed E-state index contributed by atoms with van der Waals surface area (Å²) in [6, 6.07) is 8.88. The molecule has 2 N–H and O–H groups in total. The first-order valence-corrected chi connectivity index (χ1v) is 7.03. The van der Waals surface area contributed by atoms with Gasteiger partial charge in [0.05, 0.1) is 12.7 Å². The Kier molecular flexibility index (Phi) is 5.08. The molecule has 19 heavy (non-hydrogen) atoms. The molecule has 1 aromatic rings. The highest BCUT2D eigenvalue weighted by atomic mass is 35.5. The lowest BCUT2D eigenvalue weighted by atomic mass is 9.90. The lowest BCUT2D eigenvalue weighted by molar-refractivity contribution is -0.0911. The molecule has 0 bridgehead atoms. The number of fused-ring (bicyclic) bond motifs is 1. The van der Waals surface area contributed by atoms with Crippen LogP contribution in [-0.2, 0) is 11.3 Å². The van der Waals surface area contributed by atoms with Crippen molar-refractivity contribution in [2.24, 2.45) is 0 Å². The molecule has 1 saturated carbocycles. The molecule has 0 spiro atoms. The quantitative estimate of drug-likeness (QED) is 0.848. The third-order valence-corrected chi connectivity index (χ3v) is 4.18. The third-order valence-electron chi connectivity index (χ3n) is 4.18. The Labute approximate surface area is 121 Å². The molecule has 0 amide bonds. The fourth-order valence-electron chi connectivity index (χ4n) is 3.30. The van der Waals surface area contributed by atoms with Gasteiger partial charge in [-0.2, -0.15) is 0 Å². The maximum Gasteiger partial charge on any atom is 0.0731 e. The maximum atomic E-state index is 5.91. The molecular formula is C15H23ClN2O. The summed E-state index contributed by atoms with van der Waals surface area (Å²) in [7, 11) is 0. The minimum Gasteiger partial charge on any atom is -0.399 e. The van der Waals surface area contributed by atoms with Crippen molar-refractivity contribution in [3.05, 3.63) is 29.8 Å². The second kappa shape index (κ2) is 6.60. The van der Waals surface area contributed by atoms with Crippen LogP contribution in [-0.4, -0.2) is 30.2 Å². The van der Waals surface area contributed by atoms with E-state index in [1.165, 1.54) is 31.2 Å². The Morgan fingerprint density at radius 1 is 1.26 bits per heavy atom. The van der Waals surface area contributed by atoms with Crippen molar-refractivity contribution in [3.63, 3.8) is 0 Å². The van der Waals surface area contributed by atoms with Crippen LogP contribution in [0.5, 0.6) is 0 Å². The number of nitrogens with zero attached hydrogens (tertiary/aromatic N) is 1. The molecule has 1 heterocycles. The molecule has 1 saturated heterocycles. The van der Waals surface area contributed by atoms with Crippen LogP contribution in [0, 0.1) is 0 Å². The Balaban J connectivity index is 0.00000133. The summed E-state index contributed by atoms with van der Waals surface area (Å²) in [5.41, 5.74) is 8.03. The van der Waals surface area contributed by atoms with Crippen LogP contribution < -0.4 is 5.73 Å². The van der Waals surface area contributed by atoms with Gasteiger partial charge in [-0.05, 0) is 30.5 Å². The average molecular weight is 283 g/mol. The first kappa shape index (κ1) is 14.6. The molecule has 4 heteroatoms. The van der Waals surface area contributed by atoms with Crippen molar-refractivity contribution in [1.29, 1.82) is 0 Å². The predicted molar refractivity (Wildman–Crippen MR) is 80.5 cm³/mol. The Hall–Kier alpha value is -0.770. The average Bonchev–Trinajstić information content (AvgIpc) is 2.39. The van der Waals surface area contributed by atoms with Gasteiger partial charge in [0.1, 0.15) is 0 Å². The highest BCUT2D eigenvalue weighted by molar-refractivity contribution is 5.85. The van der Waals surface area contributed by atoms with Crippen LogP contribution in [0.25, 0.3) is 0 Å². The van der Waals surface area contributed by atoms with Crippen LogP contribution in [0.15, 0.2) is 24.3 Å². The number of hydrogen-bond donors (Lipinski definition) is 1. The van der Waals surface area contributed by atoms with Gasteiger partial charge in [0.15, 0.2) is 0 Å². The second-order valence-corrected chi connectivity index (χ2v) is 5.48. The largest absolute Gasteiger partial charge is 0.399 e. The Morgan fingerprint density at radius 2 is 2.11 bits per heavy atom. The van der Waals surface area contributed by atoms with Gasteiger partial charge in [-0.25, -0.2) is 0 Å². The zero-order valence-electron chi connectivity index (χ0n) is 11.3. The highest BCUT2D eigenvalue weighted by Crippen LogP contribution is 2.29. The van der Waals surface area contributed by atoms with E-state index in [1.807, 2.05) is 12.1 Å². The predicted octanol–water partition coefficient (Wildman–Crippen LogP) is 2.83. The SMILES string of the molecule is Cl.Nc1cccc(CN2CCOC3CCCCC32)c1. The minimum absolute atomic E-state index is 0. The van der Waals surface area contributed by atoms with Gasteiger partial charge in [-0.15, -0.1) is 12.4 Å². The lowest BCUT2D eigenvalue weighted by Crippen LogP contribution is -2.52. The molecule has 106 valence electrons. The molecule has 3 rings (SSSR count). The molecule has 2 fully saturated rings. The van der Waals surface area contributed by atoms with Crippen molar-refractivity contribution in [1.82, 2.24) is 4.90 Å². The van der Waals surface area contributed by atoms with Crippen LogP contribution >= 0.6 is 12.4 Å². The van der Waals surface area contributed by atoms with Crippen molar-refractivity contribution < 1.29 is 4.74 Å². The van der Waals surface area contributed by atoms with Gasteiger partial charge in [0.2, 0.25) is 0 Å². The van der Waals surface area contributed by atoms with Gasteiger partial charge < -0.3 is 10.5 Å². The third kappa shape index (κ3) is 3.41. The first-order chi connectivity index (χ1) is 8.83. The number of hydrogen-bond acceptors (Lipinski definition) is 3. The van der Waals surface area contributed by atoms with E-state index in [2.05, 4.69) is 17.0 Å². The molecule has 2 aliphatic rings. The van der Waals surface area contributed by atoms with Crippen molar-refractivity contribution in [2.75, 3.05) is 18.9 Å². The van der Waals surface area contributed by atoms with Crippen molar-refractivity contribution in [2.45, 2.75) is 44.4 Å². The topological polar surface area (TPSA) is 38.5 Å². The van der Waals surface area contributed by atoms with Crippen LogP contribution in [0.1, 0.15) is 31.2 Å². The van der Waals surface area contributed by atoms with Crippen LogP contribution in [0.2, 0.25) is 0 Å². The molecule has 1 aliphatic carbocycles. The monoisotopic (exact) mass is 282 g/mol. The van der Waals surface area contributed by atoms with Gasteiger partial charge in [0.25, 0.3) is 0 Å². The molecule has 0 aromatic heterocycles. The lowest BCUT2D eigenvalue weighted by Gasteiger charge is -2.43. The summed E-state index contributed by atoms with van der Waals surface area (Å²) < 4.78 is 5.91. The highest BCUT2D eigenvalue weighted by Gasteiger charge is 2.33. The van der Waals surface area contributed by atoms with E-state index in [4.69, 9.17) is 10.5 Å². The second-order valence-electron chi connectivity index (χ2n) is 5.48. The summed E-state index contributed by atoms with van der Waals surface area (Å²) in [6.07, 6.45) is 5.66. The molecular weight excluding hydrogens is 260 g/mol. The Morgan fingerprint density at radius 3 is 2.95 bits per heavy atom. The summed E-state index contributed by atoms with van der Waals surface area (Å²) in [6.45, 7) is 2.94. The zero-order valence-corrected chi connectivity index (χ0v) is 12.1. The summed E-state index contributed by atoms with van der Waals surface area (Å²) in [5, 5.41) is 0. The smallest absolute Gasteiger partial charge is 0.0731 e. The zero-order chi connectivity index (χ0) is 12.4. The molecule has 1 aromatic carbocycles. The molecule has 2 unspecified atom stereocenters. The fourth-order valence-corrected chi connectivity index (χ4v) is 3.30. The van der Waals surface area contributed by atoms with E-state index in [9.17, 15) is 0 Å². The van der Waals surface area contributed by atoms with Gasteiger partial charge in [0, 0.05) is 24.8 Å². The number of benzene rings is 1. The number of morpholine rings is 1. The van der Waals surface area contributed by atoms with E-state index >= 15 is 0 Å². The van der Waals surface area contributed by atoms with E-state index < -0.39 is 0 Å². The normalized spacial score (nSPS) is 27.4. The van der Waals surface area contributed by atoms with Gasteiger partial charge >= 0.3 is 0 Å². The van der Waals surface area contributed by atoms with Crippen molar-refractivity contribution >= 4 is 18.1 Å². The van der Waals surface area contributed by atoms with E-state index in [-0.39, 0.29) is 12.4 Å². The number of nitrogens with two attached hydrogens (primary N) is 1. The van der Waals surface area contributed by atoms with Gasteiger partial charge in [-0.3, -0.25) is 4.90 Å². The molecule has 3 nitrogen and oxygen atoms in total. The number of nitrogen functional groups attached to an aromatic ring is 1. The van der Waals surface area contributed by atoms with E-state index in [0.29, 0.717) is 12.1 Å². The Bertz CT molecular complexity index is 411. The fraction of sp³-hybridized carbons (Fsp3) is 0.600. The number of rotatable bonds is 2. The first-order valence-electron chi connectivity index (χ1n) is 7.03. The maximum absolute atomic E-state index is 5.91. The number of anilines is 1. The van der Waals surface area contributed by atoms with Crippen LogP contribution in [0.4, 0.5) is 5.69 Å². The molecule has 0 radical (unpaired) electrons.